The number of esters is 1. The van der Waals surface area contributed by atoms with Gasteiger partial charge in [0, 0.05) is 17.1 Å². The van der Waals surface area contributed by atoms with E-state index in [0.29, 0.717) is 16.3 Å². The van der Waals surface area contributed by atoms with Gasteiger partial charge in [-0.1, -0.05) is 13.8 Å². The molecule has 1 aromatic heterocycles. The summed E-state index contributed by atoms with van der Waals surface area (Å²) in [4.78, 5) is 12.5. The van der Waals surface area contributed by atoms with Crippen LogP contribution in [0.15, 0.2) is 33.6 Å². The van der Waals surface area contributed by atoms with E-state index < -0.39 is 16.8 Å². The van der Waals surface area contributed by atoms with E-state index in [-0.39, 0.29) is 17.7 Å². The van der Waals surface area contributed by atoms with Gasteiger partial charge in [-0.25, -0.2) is 4.79 Å². The molecule has 21 heavy (non-hydrogen) atoms. The molecule has 0 saturated carbocycles. The van der Waals surface area contributed by atoms with Crippen LogP contribution < -0.4 is 0 Å². The standard InChI is InChI=1S/C14H16N2O4S/c1-9(2)21(18)12-6-4-11(5-7-12)14(17)19-8-13-16-15-10(3)20-13/h4-7,9H,8H2,1-3H3/t21-/m1/s1. The summed E-state index contributed by atoms with van der Waals surface area (Å²) in [6.07, 6.45) is 0. The summed E-state index contributed by atoms with van der Waals surface area (Å²) in [5, 5.41) is 7.41. The Morgan fingerprint density at radius 2 is 1.95 bits per heavy atom. The minimum absolute atomic E-state index is 0.0311. The Bertz CT molecular complexity index is 649. The number of hydrogen-bond acceptors (Lipinski definition) is 6. The van der Waals surface area contributed by atoms with Crippen LogP contribution in [0.2, 0.25) is 0 Å². The van der Waals surface area contributed by atoms with E-state index in [4.69, 9.17) is 9.15 Å². The molecule has 0 aliphatic carbocycles. The van der Waals surface area contributed by atoms with Crippen LogP contribution in [0.3, 0.4) is 0 Å². The third kappa shape index (κ3) is 3.98. The smallest absolute Gasteiger partial charge is 0.338 e. The summed E-state index contributed by atoms with van der Waals surface area (Å²) in [7, 11) is -1.07. The molecule has 6 nitrogen and oxygen atoms in total. The molecule has 0 N–H and O–H groups in total. The minimum Gasteiger partial charge on any atom is -0.452 e. The van der Waals surface area contributed by atoms with Crippen LogP contribution in [0.5, 0.6) is 0 Å². The molecule has 112 valence electrons. The zero-order valence-corrected chi connectivity index (χ0v) is 12.8. The Labute approximate surface area is 125 Å². The van der Waals surface area contributed by atoms with Gasteiger partial charge >= 0.3 is 5.97 Å². The summed E-state index contributed by atoms with van der Waals surface area (Å²) in [5.41, 5.74) is 0.385. The topological polar surface area (TPSA) is 82.3 Å². The normalized spacial score (nSPS) is 12.4. The molecule has 0 amide bonds. The third-order valence-electron chi connectivity index (χ3n) is 2.65. The van der Waals surface area contributed by atoms with Crippen molar-refractivity contribution in [3.05, 3.63) is 41.6 Å². The second-order valence-electron chi connectivity index (χ2n) is 4.66. The zero-order valence-electron chi connectivity index (χ0n) is 12.0. The van der Waals surface area contributed by atoms with Gasteiger partial charge in [0.1, 0.15) is 0 Å². The molecule has 0 spiro atoms. The second kappa shape index (κ2) is 6.62. The summed E-state index contributed by atoms with van der Waals surface area (Å²) < 4.78 is 22.1. The molecular formula is C14H16N2O4S. The van der Waals surface area contributed by atoms with Crippen molar-refractivity contribution >= 4 is 16.8 Å². The number of aromatic nitrogens is 2. The van der Waals surface area contributed by atoms with Crippen molar-refractivity contribution in [2.45, 2.75) is 37.5 Å². The number of ether oxygens (including phenoxy) is 1. The quantitative estimate of drug-likeness (QED) is 0.788. The highest BCUT2D eigenvalue weighted by atomic mass is 32.2. The summed E-state index contributed by atoms with van der Waals surface area (Å²) in [6.45, 7) is 5.35. The first-order valence-corrected chi connectivity index (χ1v) is 7.65. The van der Waals surface area contributed by atoms with Crippen molar-refractivity contribution in [2.75, 3.05) is 0 Å². The fraction of sp³-hybridized carbons (Fsp3) is 0.357. The Kier molecular flexibility index (Phi) is 4.85. The van der Waals surface area contributed by atoms with Crippen molar-refractivity contribution in [3.63, 3.8) is 0 Å². The number of nitrogens with zero attached hydrogens (tertiary/aromatic N) is 2. The molecule has 1 atom stereocenters. The zero-order chi connectivity index (χ0) is 15.4. The van der Waals surface area contributed by atoms with Gasteiger partial charge in [0.25, 0.3) is 5.89 Å². The molecule has 0 radical (unpaired) electrons. The van der Waals surface area contributed by atoms with Gasteiger partial charge in [0.2, 0.25) is 5.89 Å². The molecule has 1 heterocycles. The van der Waals surface area contributed by atoms with E-state index in [0.717, 1.165) is 0 Å². The van der Waals surface area contributed by atoms with Crippen molar-refractivity contribution < 1.29 is 18.2 Å². The molecule has 0 unspecified atom stereocenters. The fourth-order valence-electron chi connectivity index (χ4n) is 1.60. The molecule has 2 rings (SSSR count). The molecular weight excluding hydrogens is 292 g/mol. The van der Waals surface area contributed by atoms with Gasteiger partial charge in [-0.3, -0.25) is 4.21 Å². The van der Waals surface area contributed by atoms with Crippen LogP contribution in [0.1, 0.15) is 36.0 Å². The van der Waals surface area contributed by atoms with Crippen molar-refractivity contribution in [1.82, 2.24) is 10.2 Å². The molecule has 1 aromatic carbocycles. The van der Waals surface area contributed by atoms with E-state index in [9.17, 15) is 9.00 Å². The van der Waals surface area contributed by atoms with Crippen LogP contribution in [0.4, 0.5) is 0 Å². The maximum Gasteiger partial charge on any atom is 0.338 e. The van der Waals surface area contributed by atoms with E-state index in [1.165, 1.54) is 0 Å². The SMILES string of the molecule is Cc1nnc(COC(=O)c2ccc([S@](=O)C(C)C)cc2)o1. The van der Waals surface area contributed by atoms with Crippen molar-refractivity contribution in [3.8, 4) is 0 Å². The molecule has 0 aliphatic heterocycles. The molecule has 2 aromatic rings. The van der Waals surface area contributed by atoms with Crippen molar-refractivity contribution in [1.29, 1.82) is 0 Å². The van der Waals surface area contributed by atoms with Crippen LogP contribution >= 0.6 is 0 Å². The lowest BCUT2D eigenvalue weighted by molar-refractivity contribution is 0.0436. The molecule has 0 saturated heterocycles. The first-order chi connectivity index (χ1) is 9.97. The lowest BCUT2D eigenvalue weighted by Crippen LogP contribution is -2.08. The van der Waals surface area contributed by atoms with Gasteiger partial charge < -0.3 is 9.15 Å². The highest BCUT2D eigenvalue weighted by Gasteiger charge is 2.12. The maximum absolute atomic E-state index is 11.9. The van der Waals surface area contributed by atoms with E-state index in [2.05, 4.69) is 10.2 Å². The Morgan fingerprint density at radius 1 is 1.29 bits per heavy atom. The van der Waals surface area contributed by atoms with Gasteiger partial charge in [-0.05, 0) is 24.3 Å². The fourth-order valence-corrected chi connectivity index (χ4v) is 2.55. The predicted octanol–water partition coefficient (Wildman–Crippen LogP) is 2.25. The highest BCUT2D eigenvalue weighted by molar-refractivity contribution is 7.85. The Morgan fingerprint density at radius 3 is 2.48 bits per heavy atom. The van der Waals surface area contributed by atoms with Gasteiger partial charge in [-0.15, -0.1) is 10.2 Å². The average molecular weight is 308 g/mol. The lowest BCUT2D eigenvalue weighted by atomic mass is 10.2. The number of rotatable bonds is 5. The molecule has 0 aliphatic rings. The second-order valence-corrected chi connectivity index (χ2v) is 6.67. The van der Waals surface area contributed by atoms with Crippen LogP contribution in [0.25, 0.3) is 0 Å². The van der Waals surface area contributed by atoms with Crippen LogP contribution in [0, 0.1) is 6.92 Å². The highest BCUT2D eigenvalue weighted by Crippen LogP contribution is 2.13. The van der Waals surface area contributed by atoms with Crippen LogP contribution in [-0.2, 0) is 22.1 Å². The van der Waals surface area contributed by atoms with E-state index >= 15 is 0 Å². The Balaban J connectivity index is 1.98. The van der Waals surface area contributed by atoms with Gasteiger partial charge in [-0.2, -0.15) is 0 Å². The van der Waals surface area contributed by atoms with Gasteiger partial charge in [0.15, 0.2) is 6.61 Å². The molecule has 0 bridgehead atoms. The first-order valence-electron chi connectivity index (χ1n) is 6.44. The number of hydrogen-bond donors (Lipinski definition) is 0. The maximum atomic E-state index is 11.9. The molecule has 7 heteroatoms. The van der Waals surface area contributed by atoms with Crippen molar-refractivity contribution in [2.24, 2.45) is 0 Å². The van der Waals surface area contributed by atoms with E-state index in [1.54, 1.807) is 31.2 Å². The number of aryl methyl sites for hydroxylation is 1. The average Bonchev–Trinajstić information content (AvgIpc) is 2.89. The van der Waals surface area contributed by atoms with Crippen LogP contribution in [-0.4, -0.2) is 25.6 Å². The minimum atomic E-state index is -1.07. The predicted molar refractivity (Wildman–Crippen MR) is 76.1 cm³/mol. The summed E-state index contributed by atoms with van der Waals surface area (Å²) >= 11 is 0. The van der Waals surface area contributed by atoms with E-state index in [1.807, 2.05) is 13.8 Å². The number of carbonyl (C=O) groups is 1. The summed E-state index contributed by atoms with van der Waals surface area (Å²) in [5.74, 6) is 0.174. The Hall–Kier alpha value is -2.02. The lowest BCUT2D eigenvalue weighted by Gasteiger charge is -2.06. The molecule has 0 fully saturated rings. The number of benzene rings is 1. The monoisotopic (exact) mass is 308 g/mol. The first kappa shape index (κ1) is 15.4. The number of carbonyl (C=O) groups excluding carboxylic acids is 1. The summed E-state index contributed by atoms with van der Waals surface area (Å²) in [6, 6.07) is 6.53. The third-order valence-corrected chi connectivity index (χ3v) is 4.24. The largest absolute Gasteiger partial charge is 0.452 e. The van der Waals surface area contributed by atoms with Gasteiger partial charge in [0.05, 0.1) is 16.4 Å².